The predicted molar refractivity (Wildman–Crippen MR) is 61.5 cm³/mol. The van der Waals surface area contributed by atoms with Crippen molar-refractivity contribution >= 4 is 11.8 Å². The highest BCUT2D eigenvalue weighted by molar-refractivity contribution is 7.99. The molecule has 2 rings (SSSR count). The molecular formula is C12H15FOS. The van der Waals surface area contributed by atoms with Gasteiger partial charge in [0, 0.05) is 11.0 Å². The van der Waals surface area contributed by atoms with Crippen LogP contribution in [0.1, 0.15) is 36.1 Å². The van der Waals surface area contributed by atoms with Gasteiger partial charge in [-0.15, -0.1) is 0 Å². The second-order valence-corrected chi connectivity index (χ2v) is 5.59. The summed E-state index contributed by atoms with van der Waals surface area (Å²) in [6.07, 6.45) is 0.194. The van der Waals surface area contributed by atoms with Gasteiger partial charge in [0.2, 0.25) is 0 Å². The van der Waals surface area contributed by atoms with E-state index in [0.29, 0.717) is 11.7 Å². The van der Waals surface area contributed by atoms with Gasteiger partial charge in [0.15, 0.2) is 0 Å². The number of benzene rings is 1. The minimum atomic E-state index is -0.514. The van der Waals surface area contributed by atoms with E-state index in [-0.39, 0.29) is 5.82 Å². The van der Waals surface area contributed by atoms with Crippen molar-refractivity contribution in [3.63, 3.8) is 0 Å². The second-order valence-electron chi connectivity index (χ2n) is 4.16. The van der Waals surface area contributed by atoms with Crippen LogP contribution in [0.2, 0.25) is 0 Å². The van der Waals surface area contributed by atoms with Crippen molar-refractivity contribution in [1.82, 2.24) is 0 Å². The summed E-state index contributed by atoms with van der Waals surface area (Å²) in [6, 6.07) is 3.02. The molecule has 0 radical (unpaired) electrons. The molecule has 1 unspecified atom stereocenters. The van der Waals surface area contributed by atoms with E-state index in [9.17, 15) is 9.50 Å². The predicted octanol–water partition coefficient (Wildman–Crippen LogP) is 3.19. The maximum absolute atomic E-state index is 13.2. The summed E-state index contributed by atoms with van der Waals surface area (Å²) in [7, 11) is 0. The van der Waals surface area contributed by atoms with Crippen LogP contribution in [0.5, 0.6) is 0 Å². The molecule has 1 nitrogen and oxygen atoms in total. The third-order valence-corrected chi connectivity index (χ3v) is 4.12. The summed E-state index contributed by atoms with van der Waals surface area (Å²) in [4.78, 5) is 0. The average molecular weight is 226 g/mol. The second kappa shape index (κ2) is 4.14. The number of fused-ring (bicyclic) bond motifs is 1. The summed E-state index contributed by atoms with van der Waals surface area (Å²) in [5.74, 6) is 0.629. The minimum Gasteiger partial charge on any atom is -0.388 e. The van der Waals surface area contributed by atoms with E-state index >= 15 is 0 Å². The van der Waals surface area contributed by atoms with Crippen LogP contribution in [-0.4, -0.2) is 10.4 Å². The lowest BCUT2D eigenvalue weighted by Gasteiger charge is -2.14. The van der Waals surface area contributed by atoms with Gasteiger partial charge in [0.1, 0.15) is 5.82 Å². The molecule has 1 N–H and O–H groups in total. The van der Waals surface area contributed by atoms with E-state index in [2.05, 4.69) is 6.92 Å². The average Bonchev–Trinajstić information content (AvgIpc) is 2.27. The number of halogens is 1. The fraction of sp³-hybridized carbons (Fsp3) is 0.500. The Morgan fingerprint density at radius 1 is 1.47 bits per heavy atom. The summed E-state index contributed by atoms with van der Waals surface area (Å²) < 4.78 is 13.2. The number of aliphatic hydroxyl groups is 1. The largest absolute Gasteiger partial charge is 0.388 e. The standard InChI is InChI=1S/C12H15FOS/c1-7-3-9(13)5-10-11(7)6-15-8(2)4-12(10)14/h3,5,8,12,14H,4,6H2,1-2H3/t8?,12-/m1/s1. The first-order valence-electron chi connectivity index (χ1n) is 5.16. The van der Waals surface area contributed by atoms with E-state index in [1.54, 1.807) is 6.07 Å². The Morgan fingerprint density at radius 3 is 2.93 bits per heavy atom. The molecule has 0 fully saturated rings. The molecule has 0 bridgehead atoms. The van der Waals surface area contributed by atoms with Gasteiger partial charge in [-0.1, -0.05) is 6.92 Å². The molecule has 0 aromatic heterocycles. The van der Waals surface area contributed by atoms with Gasteiger partial charge in [-0.3, -0.25) is 0 Å². The highest BCUT2D eigenvalue weighted by atomic mass is 32.2. The van der Waals surface area contributed by atoms with Gasteiger partial charge in [0.05, 0.1) is 6.10 Å². The summed E-state index contributed by atoms with van der Waals surface area (Å²) in [6.45, 7) is 4.01. The van der Waals surface area contributed by atoms with E-state index in [0.717, 1.165) is 22.4 Å². The third-order valence-electron chi connectivity index (χ3n) is 2.90. The van der Waals surface area contributed by atoms with Crippen LogP contribution in [0.25, 0.3) is 0 Å². The Balaban J connectivity index is 2.48. The normalized spacial score (nSPS) is 25.9. The number of hydrogen-bond acceptors (Lipinski definition) is 2. The monoisotopic (exact) mass is 226 g/mol. The first-order chi connectivity index (χ1) is 7.08. The molecule has 0 spiro atoms. The van der Waals surface area contributed by atoms with Crippen LogP contribution < -0.4 is 0 Å². The Kier molecular flexibility index (Phi) is 3.03. The molecule has 0 saturated carbocycles. The lowest BCUT2D eigenvalue weighted by molar-refractivity contribution is 0.168. The first kappa shape index (κ1) is 11.0. The molecule has 1 heterocycles. The molecule has 0 saturated heterocycles. The molecule has 1 aromatic carbocycles. The van der Waals surface area contributed by atoms with E-state index in [1.165, 1.54) is 6.07 Å². The lowest BCUT2D eigenvalue weighted by Crippen LogP contribution is -2.04. The van der Waals surface area contributed by atoms with E-state index < -0.39 is 6.10 Å². The summed E-state index contributed by atoms with van der Waals surface area (Å²) in [5, 5.41) is 10.4. The molecule has 0 amide bonds. The van der Waals surface area contributed by atoms with Crippen LogP contribution >= 0.6 is 11.8 Å². The number of aliphatic hydroxyl groups excluding tert-OH is 1. The number of rotatable bonds is 0. The molecule has 82 valence electrons. The SMILES string of the molecule is Cc1cc(F)cc2c1CSC(C)C[C@H]2O. The Labute approximate surface area is 93.7 Å². The Hall–Kier alpha value is -0.540. The molecule has 15 heavy (non-hydrogen) atoms. The molecule has 1 aromatic rings. The van der Waals surface area contributed by atoms with Gasteiger partial charge in [-0.2, -0.15) is 11.8 Å². The lowest BCUT2D eigenvalue weighted by atomic mass is 9.96. The van der Waals surface area contributed by atoms with Gasteiger partial charge < -0.3 is 5.11 Å². The van der Waals surface area contributed by atoms with Crippen molar-refractivity contribution in [3.05, 3.63) is 34.6 Å². The smallest absolute Gasteiger partial charge is 0.123 e. The zero-order chi connectivity index (χ0) is 11.0. The maximum Gasteiger partial charge on any atom is 0.123 e. The molecule has 2 atom stereocenters. The minimum absolute atomic E-state index is 0.246. The third kappa shape index (κ3) is 2.18. The van der Waals surface area contributed by atoms with Crippen molar-refractivity contribution in [1.29, 1.82) is 0 Å². The van der Waals surface area contributed by atoms with Crippen molar-refractivity contribution in [2.24, 2.45) is 0 Å². The fourth-order valence-electron chi connectivity index (χ4n) is 2.03. The van der Waals surface area contributed by atoms with E-state index in [1.807, 2.05) is 18.7 Å². The van der Waals surface area contributed by atoms with Crippen LogP contribution in [0, 0.1) is 12.7 Å². The van der Waals surface area contributed by atoms with Crippen LogP contribution in [0.4, 0.5) is 4.39 Å². The van der Waals surface area contributed by atoms with Crippen molar-refractivity contribution in [3.8, 4) is 0 Å². The zero-order valence-corrected chi connectivity index (χ0v) is 9.77. The van der Waals surface area contributed by atoms with Crippen molar-refractivity contribution in [2.75, 3.05) is 0 Å². The topological polar surface area (TPSA) is 20.2 Å². The number of aryl methyl sites for hydroxylation is 1. The van der Waals surface area contributed by atoms with Gasteiger partial charge in [0.25, 0.3) is 0 Å². The van der Waals surface area contributed by atoms with Crippen LogP contribution in [0.3, 0.4) is 0 Å². The number of hydrogen-bond donors (Lipinski definition) is 1. The van der Waals surface area contributed by atoms with Crippen LogP contribution in [-0.2, 0) is 5.75 Å². The Bertz CT molecular complexity index is 378. The van der Waals surface area contributed by atoms with Gasteiger partial charge in [-0.25, -0.2) is 4.39 Å². The molecule has 1 aliphatic rings. The molecule has 1 aliphatic heterocycles. The van der Waals surface area contributed by atoms with Crippen molar-refractivity contribution in [2.45, 2.75) is 37.4 Å². The highest BCUT2D eigenvalue weighted by Gasteiger charge is 2.22. The molecule has 3 heteroatoms. The van der Waals surface area contributed by atoms with E-state index in [4.69, 9.17) is 0 Å². The molecule has 0 aliphatic carbocycles. The van der Waals surface area contributed by atoms with Crippen LogP contribution in [0.15, 0.2) is 12.1 Å². The fourth-order valence-corrected chi connectivity index (χ4v) is 3.19. The highest BCUT2D eigenvalue weighted by Crippen LogP contribution is 2.36. The number of thioether (sulfide) groups is 1. The zero-order valence-electron chi connectivity index (χ0n) is 8.96. The summed E-state index contributed by atoms with van der Waals surface area (Å²) in [5.41, 5.74) is 2.84. The quantitative estimate of drug-likeness (QED) is 0.733. The Morgan fingerprint density at radius 2 is 2.20 bits per heavy atom. The maximum atomic E-state index is 13.2. The molecular weight excluding hydrogens is 211 g/mol. The first-order valence-corrected chi connectivity index (χ1v) is 6.21. The summed E-state index contributed by atoms with van der Waals surface area (Å²) >= 11 is 1.82. The van der Waals surface area contributed by atoms with Gasteiger partial charge >= 0.3 is 0 Å². The van der Waals surface area contributed by atoms with Crippen molar-refractivity contribution < 1.29 is 9.50 Å². The van der Waals surface area contributed by atoms with Gasteiger partial charge in [-0.05, 0) is 42.2 Å².